The first-order valence-electron chi connectivity index (χ1n) is 9.00. The van der Waals surface area contributed by atoms with Crippen molar-refractivity contribution in [3.63, 3.8) is 0 Å². The van der Waals surface area contributed by atoms with E-state index in [9.17, 15) is 10.1 Å². The smallest absolute Gasteiger partial charge is 0.293 e. The molecule has 0 aromatic carbocycles. The lowest BCUT2D eigenvalue weighted by Gasteiger charge is -2.34. The number of hydrogen-bond acceptors (Lipinski definition) is 4. The number of piperazine rings is 1. The number of nitrogens with zero attached hydrogens (tertiary/aromatic N) is 3. The van der Waals surface area contributed by atoms with Gasteiger partial charge in [-0.2, -0.15) is 5.26 Å². The van der Waals surface area contributed by atoms with Gasteiger partial charge in [-0.15, -0.1) is 0 Å². The van der Waals surface area contributed by atoms with E-state index in [2.05, 4.69) is 36.7 Å². The van der Waals surface area contributed by atoms with E-state index in [1.807, 2.05) is 4.90 Å². The zero-order valence-electron chi connectivity index (χ0n) is 15.6. The molecule has 2 aliphatic rings. The van der Waals surface area contributed by atoms with Crippen molar-refractivity contribution in [1.29, 1.82) is 5.26 Å². The monoisotopic (exact) mass is 343 g/mol. The predicted molar refractivity (Wildman–Crippen MR) is 94.1 cm³/mol. The molecule has 3 rings (SSSR count). The van der Waals surface area contributed by atoms with Gasteiger partial charge in [0, 0.05) is 25.3 Å². The van der Waals surface area contributed by atoms with Crippen LogP contribution in [0.2, 0.25) is 0 Å². The van der Waals surface area contributed by atoms with Crippen LogP contribution in [-0.2, 0) is 29.0 Å². The van der Waals surface area contributed by atoms with Crippen LogP contribution in [0.3, 0.4) is 0 Å². The van der Waals surface area contributed by atoms with Crippen LogP contribution >= 0.6 is 0 Å². The quantitative estimate of drug-likeness (QED) is 0.815. The Kier molecular flexibility index (Phi) is 4.70. The van der Waals surface area contributed by atoms with Crippen molar-refractivity contribution >= 4 is 11.7 Å². The highest BCUT2D eigenvalue weighted by Gasteiger charge is 2.36. The number of hydrogen-bond donors (Lipinski definition) is 0. The number of amides is 1. The molecule has 0 aliphatic carbocycles. The zero-order valence-corrected chi connectivity index (χ0v) is 15.6. The lowest BCUT2D eigenvalue weighted by atomic mass is 9.87. The Morgan fingerprint density at radius 3 is 2.52 bits per heavy atom. The van der Waals surface area contributed by atoms with Gasteiger partial charge in [-0.25, -0.2) is 4.98 Å². The first kappa shape index (κ1) is 17.7. The molecule has 1 N–H and O–H groups in total. The Morgan fingerprint density at radius 1 is 1.28 bits per heavy atom. The summed E-state index contributed by atoms with van der Waals surface area (Å²) in [5, 5.41) is 9.88. The van der Waals surface area contributed by atoms with Crippen molar-refractivity contribution in [3.05, 3.63) is 22.4 Å². The fourth-order valence-corrected chi connectivity index (χ4v) is 3.77. The number of aromatic nitrogens is 1. The molecule has 0 unspecified atom stereocenters. The average molecular weight is 343 g/mol. The van der Waals surface area contributed by atoms with E-state index in [4.69, 9.17) is 4.74 Å². The number of nitrogens with one attached hydrogen (secondary N) is 1. The van der Waals surface area contributed by atoms with E-state index in [-0.39, 0.29) is 11.5 Å². The Bertz CT molecular complexity index is 728. The largest absolute Gasteiger partial charge is 0.370 e. The van der Waals surface area contributed by atoms with Crippen molar-refractivity contribution < 1.29 is 14.5 Å². The summed E-state index contributed by atoms with van der Waals surface area (Å²) in [7, 11) is 0. The van der Waals surface area contributed by atoms with Crippen LogP contribution in [0, 0.1) is 11.3 Å². The second-order valence-electron chi connectivity index (χ2n) is 7.47. The van der Waals surface area contributed by atoms with Crippen LogP contribution in [0.1, 0.15) is 50.1 Å². The van der Waals surface area contributed by atoms with E-state index in [0.717, 1.165) is 54.1 Å². The molecule has 1 fully saturated rings. The highest BCUT2D eigenvalue weighted by atomic mass is 16.5. The van der Waals surface area contributed by atoms with E-state index >= 15 is 0 Å². The minimum Gasteiger partial charge on any atom is -0.370 e. The summed E-state index contributed by atoms with van der Waals surface area (Å²) in [5.74, 6) is 1.02. The molecule has 6 heteroatoms. The normalized spacial score (nSPS) is 19.3. The van der Waals surface area contributed by atoms with Gasteiger partial charge in [0.15, 0.2) is 0 Å². The van der Waals surface area contributed by atoms with Crippen LogP contribution in [0.4, 0.5) is 5.82 Å². The topological polar surface area (TPSA) is 70.7 Å². The summed E-state index contributed by atoms with van der Waals surface area (Å²) in [6, 6.07) is 2.44. The molecule has 1 aromatic heterocycles. The third kappa shape index (κ3) is 3.34. The third-order valence-corrected chi connectivity index (χ3v) is 5.25. The van der Waals surface area contributed by atoms with Crippen molar-refractivity contribution in [3.8, 4) is 6.07 Å². The number of aromatic amines is 1. The Balaban J connectivity index is 2.00. The molecule has 2 aliphatic heterocycles. The molecule has 6 nitrogen and oxygen atoms in total. The zero-order chi connectivity index (χ0) is 18.2. The molecular weight excluding hydrogens is 316 g/mol. The number of fused-ring (bicyclic) bond motifs is 1. The summed E-state index contributed by atoms with van der Waals surface area (Å²) < 4.78 is 5.97. The molecule has 1 saturated heterocycles. The van der Waals surface area contributed by atoms with Gasteiger partial charge in [0.05, 0.1) is 25.3 Å². The van der Waals surface area contributed by atoms with Gasteiger partial charge < -0.3 is 9.64 Å². The van der Waals surface area contributed by atoms with Crippen LogP contribution < -0.4 is 9.88 Å². The number of aryl methyl sites for hydroxylation is 1. The lowest BCUT2D eigenvalue weighted by Crippen LogP contribution is -2.50. The molecule has 0 bridgehead atoms. The Hall–Kier alpha value is -2.13. The van der Waals surface area contributed by atoms with Crippen molar-refractivity contribution in [2.24, 2.45) is 0 Å². The highest BCUT2D eigenvalue weighted by molar-refractivity contribution is 5.73. The van der Waals surface area contributed by atoms with Gasteiger partial charge in [-0.1, -0.05) is 6.92 Å². The number of pyridine rings is 1. The summed E-state index contributed by atoms with van der Waals surface area (Å²) >= 11 is 0. The molecule has 0 radical (unpaired) electrons. The lowest BCUT2D eigenvalue weighted by molar-refractivity contribution is -0.378. The maximum Gasteiger partial charge on any atom is 0.293 e. The van der Waals surface area contributed by atoms with Crippen molar-refractivity contribution in [2.75, 3.05) is 31.1 Å². The number of carbonyl (C=O) groups excluding carboxylic acids is 1. The minimum atomic E-state index is -0.254. The van der Waals surface area contributed by atoms with E-state index < -0.39 is 0 Å². The average Bonchev–Trinajstić information content (AvgIpc) is 2.59. The standard InChI is InChI=1S/C19H26N4O2/c1-5-17-16-12-25-19(3,4)10-14(16)15(11-20)18(21-17)23-8-6-22(7-9-23)13(2)24/h5-10,12H2,1-4H3/p+1. The molecule has 0 spiro atoms. The molecule has 3 heterocycles. The number of carbonyl (C=O) groups is 1. The number of anilines is 1. The summed E-state index contributed by atoms with van der Waals surface area (Å²) in [6.45, 7) is 11.3. The minimum absolute atomic E-state index is 0.114. The summed E-state index contributed by atoms with van der Waals surface area (Å²) in [5.41, 5.74) is 3.89. The van der Waals surface area contributed by atoms with Crippen LogP contribution in [-0.4, -0.2) is 42.6 Å². The van der Waals surface area contributed by atoms with Crippen LogP contribution in [0.15, 0.2) is 0 Å². The van der Waals surface area contributed by atoms with Crippen LogP contribution in [0.5, 0.6) is 0 Å². The third-order valence-electron chi connectivity index (χ3n) is 5.25. The Morgan fingerprint density at radius 2 is 1.96 bits per heavy atom. The van der Waals surface area contributed by atoms with Crippen LogP contribution in [0.25, 0.3) is 0 Å². The van der Waals surface area contributed by atoms with Gasteiger partial charge in [0.2, 0.25) is 5.91 Å². The van der Waals surface area contributed by atoms with E-state index in [0.29, 0.717) is 19.7 Å². The number of rotatable bonds is 2. The summed E-state index contributed by atoms with van der Waals surface area (Å²) in [4.78, 5) is 19.1. The predicted octanol–water partition coefficient (Wildman–Crippen LogP) is 1.45. The Labute approximate surface area is 149 Å². The number of nitriles is 1. The molecule has 1 aromatic rings. The molecule has 25 heavy (non-hydrogen) atoms. The second-order valence-corrected chi connectivity index (χ2v) is 7.47. The highest BCUT2D eigenvalue weighted by Crippen LogP contribution is 2.34. The number of H-pyrrole nitrogens is 1. The van der Waals surface area contributed by atoms with Crippen molar-refractivity contribution in [1.82, 2.24) is 4.90 Å². The summed E-state index contributed by atoms with van der Waals surface area (Å²) in [6.07, 6.45) is 1.62. The molecule has 1 amide bonds. The van der Waals surface area contributed by atoms with Gasteiger partial charge in [-0.05, 0) is 19.4 Å². The van der Waals surface area contributed by atoms with Gasteiger partial charge >= 0.3 is 0 Å². The second kappa shape index (κ2) is 6.64. The fourth-order valence-electron chi connectivity index (χ4n) is 3.77. The van der Waals surface area contributed by atoms with Gasteiger partial charge in [0.1, 0.15) is 30.4 Å². The molecular formula is C19H27N4O2+. The first-order valence-corrected chi connectivity index (χ1v) is 9.00. The van der Waals surface area contributed by atoms with E-state index in [1.165, 1.54) is 0 Å². The molecule has 0 saturated carbocycles. The molecule has 0 atom stereocenters. The molecule has 134 valence electrons. The van der Waals surface area contributed by atoms with Crippen molar-refractivity contribution in [2.45, 2.75) is 52.7 Å². The van der Waals surface area contributed by atoms with Gasteiger partial charge in [0.25, 0.3) is 5.82 Å². The maximum atomic E-state index is 11.6. The first-order chi connectivity index (χ1) is 11.9. The van der Waals surface area contributed by atoms with E-state index in [1.54, 1.807) is 6.92 Å². The maximum absolute atomic E-state index is 11.6. The SMILES string of the molecule is CCc1[nH+]c(N2CCN(C(C)=O)CC2)c(C#N)c2c1COC(C)(C)C2. The van der Waals surface area contributed by atoms with Gasteiger partial charge in [-0.3, -0.25) is 9.69 Å². The number of ether oxygens (including phenoxy) is 1. The fraction of sp³-hybridized carbons (Fsp3) is 0.632.